The predicted octanol–water partition coefficient (Wildman–Crippen LogP) is 4.29. The summed E-state index contributed by atoms with van der Waals surface area (Å²) in [7, 11) is 1.63. The number of thioether (sulfide) groups is 1. The van der Waals surface area contributed by atoms with E-state index in [1.807, 2.05) is 47.0 Å². The minimum Gasteiger partial charge on any atom is -0.497 e. The Bertz CT molecular complexity index is 1290. The Hall–Kier alpha value is -3.78. The average Bonchev–Trinajstić information content (AvgIpc) is 3.55. The van der Waals surface area contributed by atoms with Crippen LogP contribution in [0.15, 0.2) is 78.2 Å². The lowest BCUT2D eigenvalue weighted by Gasteiger charge is -2.09. The predicted molar refractivity (Wildman–Crippen MR) is 132 cm³/mol. The molecule has 34 heavy (non-hydrogen) atoms. The number of methoxy groups -OCH3 is 1. The minimum absolute atomic E-state index is 0.0584. The SMILES string of the molecule is COc1ccc(-n2cnnc2SCC(=O)NCc2ccc(-c3ccc4c(c3)CCO4)cc2)cc1. The van der Waals surface area contributed by atoms with Gasteiger partial charge in [-0.1, -0.05) is 42.1 Å². The van der Waals surface area contributed by atoms with Gasteiger partial charge in [-0.2, -0.15) is 0 Å². The highest BCUT2D eigenvalue weighted by Gasteiger charge is 2.13. The molecule has 5 rings (SSSR count). The standard InChI is InChI=1S/C26H24N4O3S/c1-32-23-9-7-22(8-10-23)30-17-28-29-26(30)34-16-25(31)27-15-18-2-4-19(5-3-18)20-6-11-24-21(14-20)12-13-33-24/h2-11,14,17H,12-13,15-16H2,1H3,(H,27,31). The van der Waals surface area contributed by atoms with Crippen LogP contribution in [0.5, 0.6) is 11.5 Å². The normalized spacial score (nSPS) is 12.1. The molecule has 1 aliphatic rings. The molecule has 0 saturated heterocycles. The van der Waals surface area contributed by atoms with Gasteiger partial charge in [0.15, 0.2) is 5.16 Å². The molecule has 0 saturated carbocycles. The van der Waals surface area contributed by atoms with Gasteiger partial charge >= 0.3 is 0 Å². The van der Waals surface area contributed by atoms with Crippen molar-refractivity contribution in [1.82, 2.24) is 20.1 Å². The summed E-state index contributed by atoms with van der Waals surface area (Å²) < 4.78 is 12.6. The number of amides is 1. The molecule has 3 aromatic carbocycles. The third-order valence-electron chi connectivity index (χ3n) is 5.67. The second-order valence-electron chi connectivity index (χ2n) is 7.86. The van der Waals surface area contributed by atoms with Crippen LogP contribution in [0, 0.1) is 0 Å². The first-order valence-electron chi connectivity index (χ1n) is 11.0. The number of fused-ring (bicyclic) bond motifs is 1. The summed E-state index contributed by atoms with van der Waals surface area (Å²) >= 11 is 1.35. The smallest absolute Gasteiger partial charge is 0.230 e. The molecule has 1 aliphatic heterocycles. The van der Waals surface area contributed by atoms with Crippen LogP contribution >= 0.6 is 11.8 Å². The van der Waals surface area contributed by atoms with E-state index in [0.29, 0.717) is 11.7 Å². The number of benzene rings is 3. The van der Waals surface area contributed by atoms with Crippen molar-refractivity contribution in [3.05, 3.63) is 84.2 Å². The summed E-state index contributed by atoms with van der Waals surface area (Å²) in [6, 6.07) is 22.2. The van der Waals surface area contributed by atoms with Gasteiger partial charge in [0.05, 0.1) is 19.5 Å². The van der Waals surface area contributed by atoms with E-state index in [1.54, 1.807) is 13.4 Å². The molecule has 0 unspecified atom stereocenters. The summed E-state index contributed by atoms with van der Waals surface area (Å²) in [5.41, 5.74) is 5.54. The van der Waals surface area contributed by atoms with Crippen LogP contribution in [-0.2, 0) is 17.8 Å². The molecule has 2 heterocycles. The second-order valence-corrected chi connectivity index (χ2v) is 8.81. The van der Waals surface area contributed by atoms with Crippen molar-refractivity contribution >= 4 is 17.7 Å². The lowest BCUT2D eigenvalue weighted by atomic mass is 10.0. The molecule has 172 valence electrons. The lowest BCUT2D eigenvalue weighted by molar-refractivity contribution is -0.118. The molecule has 1 amide bonds. The summed E-state index contributed by atoms with van der Waals surface area (Å²) in [4.78, 5) is 12.4. The Labute approximate surface area is 202 Å². The Morgan fingerprint density at radius 1 is 1.09 bits per heavy atom. The molecule has 0 fully saturated rings. The van der Waals surface area contributed by atoms with Crippen LogP contribution in [0.25, 0.3) is 16.8 Å². The maximum atomic E-state index is 12.4. The number of carbonyl (C=O) groups excluding carboxylic acids is 1. The maximum absolute atomic E-state index is 12.4. The topological polar surface area (TPSA) is 78.3 Å². The van der Waals surface area contributed by atoms with Gasteiger partial charge in [-0.15, -0.1) is 10.2 Å². The van der Waals surface area contributed by atoms with E-state index in [0.717, 1.165) is 41.3 Å². The van der Waals surface area contributed by atoms with Crippen LogP contribution in [0.3, 0.4) is 0 Å². The number of ether oxygens (including phenoxy) is 2. The first-order valence-corrected chi connectivity index (χ1v) is 12.0. The van der Waals surface area contributed by atoms with Gasteiger partial charge < -0.3 is 14.8 Å². The van der Waals surface area contributed by atoms with Crippen molar-refractivity contribution in [3.8, 4) is 28.3 Å². The molecular weight excluding hydrogens is 448 g/mol. The molecular formula is C26H24N4O3S. The second kappa shape index (κ2) is 10.0. The number of carbonyl (C=O) groups is 1. The van der Waals surface area contributed by atoms with Gasteiger partial charge in [0.1, 0.15) is 17.8 Å². The van der Waals surface area contributed by atoms with Gasteiger partial charge in [-0.05, 0) is 58.7 Å². The van der Waals surface area contributed by atoms with Crippen LogP contribution in [0.2, 0.25) is 0 Å². The summed E-state index contributed by atoms with van der Waals surface area (Å²) in [6.07, 6.45) is 2.60. The van der Waals surface area contributed by atoms with Crippen LogP contribution in [0.4, 0.5) is 0 Å². The molecule has 0 bridgehead atoms. The van der Waals surface area contributed by atoms with Crippen molar-refractivity contribution in [2.45, 2.75) is 18.1 Å². The molecule has 8 heteroatoms. The maximum Gasteiger partial charge on any atom is 0.230 e. The van der Waals surface area contributed by atoms with Gasteiger partial charge in [-0.25, -0.2) is 0 Å². The number of hydrogen-bond donors (Lipinski definition) is 1. The number of nitrogens with zero attached hydrogens (tertiary/aromatic N) is 3. The highest BCUT2D eigenvalue weighted by molar-refractivity contribution is 7.99. The van der Waals surface area contributed by atoms with Crippen molar-refractivity contribution < 1.29 is 14.3 Å². The lowest BCUT2D eigenvalue weighted by Crippen LogP contribution is -2.24. The zero-order chi connectivity index (χ0) is 23.3. The third-order valence-corrected chi connectivity index (χ3v) is 6.61. The summed E-state index contributed by atoms with van der Waals surface area (Å²) in [5, 5.41) is 11.8. The number of rotatable bonds is 8. The largest absolute Gasteiger partial charge is 0.497 e. The molecule has 4 aromatic rings. The quantitative estimate of drug-likeness (QED) is 0.386. The Morgan fingerprint density at radius 2 is 1.88 bits per heavy atom. The van der Waals surface area contributed by atoms with E-state index >= 15 is 0 Å². The zero-order valence-electron chi connectivity index (χ0n) is 18.7. The van der Waals surface area contributed by atoms with E-state index in [1.165, 1.54) is 22.9 Å². The Kier molecular flexibility index (Phi) is 6.49. The third kappa shape index (κ3) is 4.92. The van der Waals surface area contributed by atoms with Crippen molar-refractivity contribution in [2.24, 2.45) is 0 Å². The number of aromatic nitrogens is 3. The molecule has 0 spiro atoms. The van der Waals surface area contributed by atoms with Crippen LogP contribution in [-0.4, -0.2) is 40.1 Å². The first kappa shape index (κ1) is 22.0. The molecule has 0 atom stereocenters. The Morgan fingerprint density at radius 3 is 2.68 bits per heavy atom. The van der Waals surface area contributed by atoms with E-state index in [-0.39, 0.29) is 11.7 Å². The van der Waals surface area contributed by atoms with Crippen LogP contribution in [0.1, 0.15) is 11.1 Å². The molecule has 1 aromatic heterocycles. The van der Waals surface area contributed by atoms with Crippen molar-refractivity contribution in [3.63, 3.8) is 0 Å². The number of nitrogens with one attached hydrogen (secondary N) is 1. The molecule has 0 radical (unpaired) electrons. The summed E-state index contributed by atoms with van der Waals surface area (Å²) in [6.45, 7) is 1.23. The fourth-order valence-electron chi connectivity index (χ4n) is 3.81. The monoisotopic (exact) mass is 472 g/mol. The average molecular weight is 473 g/mol. The van der Waals surface area contributed by atoms with E-state index in [4.69, 9.17) is 9.47 Å². The van der Waals surface area contributed by atoms with Gasteiger partial charge in [-0.3, -0.25) is 9.36 Å². The highest BCUT2D eigenvalue weighted by Crippen LogP contribution is 2.30. The first-order chi connectivity index (χ1) is 16.7. The Balaban J connectivity index is 1.14. The molecule has 7 nitrogen and oxygen atoms in total. The molecule has 1 N–H and O–H groups in total. The minimum atomic E-state index is -0.0584. The van der Waals surface area contributed by atoms with Crippen molar-refractivity contribution in [1.29, 1.82) is 0 Å². The van der Waals surface area contributed by atoms with Gasteiger partial charge in [0, 0.05) is 18.7 Å². The zero-order valence-corrected chi connectivity index (χ0v) is 19.5. The van der Waals surface area contributed by atoms with Crippen LogP contribution < -0.4 is 14.8 Å². The van der Waals surface area contributed by atoms with E-state index in [2.05, 4.69) is 39.8 Å². The highest BCUT2D eigenvalue weighted by atomic mass is 32.2. The van der Waals surface area contributed by atoms with E-state index in [9.17, 15) is 4.79 Å². The molecule has 0 aliphatic carbocycles. The summed E-state index contributed by atoms with van der Waals surface area (Å²) in [5.74, 6) is 1.96. The fraction of sp³-hybridized carbons (Fsp3) is 0.192. The number of hydrogen-bond acceptors (Lipinski definition) is 6. The van der Waals surface area contributed by atoms with Crippen molar-refractivity contribution in [2.75, 3.05) is 19.5 Å². The van der Waals surface area contributed by atoms with Gasteiger partial charge in [0.25, 0.3) is 0 Å². The van der Waals surface area contributed by atoms with E-state index < -0.39 is 0 Å². The van der Waals surface area contributed by atoms with Gasteiger partial charge in [0.2, 0.25) is 5.91 Å². The fourth-order valence-corrected chi connectivity index (χ4v) is 4.56.